The van der Waals surface area contributed by atoms with E-state index < -0.39 is 0 Å². The summed E-state index contributed by atoms with van der Waals surface area (Å²) in [5, 5.41) is 19.1. The molecule has 0 spiro atoms. The molecule has 0 heterocycles. The van der Waals surface area contributed by atoms with Crippen molar-refractivity contribution in [3.63, 3.8) is 0 Å². The van der Waals surface area contributed by atoms with Crippen molar-refractivity contribution in [3.05, 3.63) is 59.7 Å². The summed E-state index contributed by atoms with van der Waals surface area (Å²) in [5.41, 5.74) is 2.80. The van der Waals surface area contributed by atoms with Gasteiger partial charge in [-0.2, -0.15) is 0 Å². The Morgan fingerprint density at radius 3 is 1.45 bits per heavy atom. The zero-order valence-corrected chi connectivity index (χ0v) is 13.5. The van der Waals surface area contributed by atoms with Gasteiger partial charge in [0.05, 0.1) is 0 Å². The van der Waals surface area contributed by atoms with Gasteiger partial charge in [-0.15, -0.1) is 0 Å². The van der Waals surface area contributed by atoms with Gasteiger partial charge in [-0.05, 0) is 59.6 Å². The van der Waals surface area contributed by atoms with Crippen molar-refractivity contribution in [2.45, 2.75) is 39.0 Å². The van der Waals surface area contributed by atoms with Crippen LogP contribution in [0.5, 0.6) is 11.5 Å². The van der Waals surface area contributed by atoms with Gasteiger partial charge in [-0.3, -0.25) is 0 Å². The molecule has 22 heavy (non-hydrogen) atoms. The van der Waals surface area contributed by atoms with Crippen LogP contribution >= 0.6 is 0 Å². The van der Waals surface area contributed by atoms with E-state index in [-0.39, 0.29) is 5.41 Å². The number of benzene rings is 2. The summed E-state index contributed by atoms with van der Waals surface area (Å²) < 4.78 is 0. The smallest absolute Gasteiger partial charge is 0.115 e. The van der Waals surface area contributed by atoms with Crippen molar-refractivity contribution in [1.29, 1.82) is 0 Å². The van der Waals surface area contributed by atoms with Crippen molar-refractivity contribution in [2.75, 3.05) is 0 Å². The molecule has 0 atom stereocenters. The molecule has 2 nitrogen and oxygen atoms in total. The van der Waals surface area contributed by atoms with Gasteiger partial charge in [0, 0.05) is 5.41 Å². The van der Waals surface area contributed by atoms with Gasteiger partial charge < -0.3 is 10.2 Å². The van der Waals surface area contributed by atoms with Crippen LogP contribution in [-0.4, -0.2) is 10.2 Å². The lowest BCUT2D eigenvalue weighted by Crippen LogP contribution is -2.47. The standard InChI is InChI=1S/C20H24O2/c1-19(2,3)16-12-20(13-16,14-4-8-17(21)9-5-14)15-6-10-18(22)11-7-15/h4-11,16,21-22H,12-13H2,1-3H3. The predicted octanol–water partition coefficient (Wildman–Crippen LogP) is 4.84. The molecule has 3 rings (SSSR count). The summed E-state index contributed by atoms with van der Waals surface area (Å²) in [6.07, 6.45) is 2.21. The number of phenolic OH excluding ortho intramolecular Hbond substituents is 2. The molecule has 2 aromatic carbocycles. The van der Waals surface area contributed by atoms with E-state index in [1.165, 1.54) is 11.1 Å². The average molecular weight is 296 g/mol. The van der Waals surface area contributed by atoms with E-state index in [0.717, 1.165) is 12.8 Å². The van der Waals surface area contributed by atoms with Crippen LogP contribution in [0.4, 0.5) is 0 Å². The third-order valence-electron chi connectivity index (χ3n) is 5.25. The van der Waals surface area contributed by atoms with Gasteiger partial charge in [0.15, 0.2) is 0 Å². The Bertz CT molecular complexity index is 594. The van der Waals surface area contributed by atoms with E-state index in [9.17, 15) is 10.2 Å². The van der Waals surface area contributed by atoms with Gasteiger partial charge in [-0.1, -0.05) is 45.0 Å². The molecular formula is C20H24O2. The molecule has 1 aliphatic rings. The summed E-state index contributed by atoms with van der Waals surface area (Å²) in [4.78, 5) is 0. The Hall–Kier alpha value is -1.96. The summed E-state index contributed by atoms with van der Waals surface area (Å²) >= 11 is 0. The maximum atomic E-state index is 9.57. The summed E-state index contributed by atoms with van der Waals surface area (Å²) in [6, 6.07) is 15.2. The largest absolute Gasteiger partial charge is 0.508 e. The Balaban J connectivity index is 2.01. The highest BCUT2D eigenvalue weighted by molar-refractivity contribution is 5.45. The topological polar surface area (TPSA) is 40.5 Å². The van der Waals surface area contributed by atoms with Crippen LogP contribution < -0.4 is 0 Å². The second-order valence-electron chi connectivity index (χ2n) is 7.65. The predicted molar refractivity (Wildman–Crippen MR) is 89.2 cm³/mol. The molecule has 0 amide bonds. The van der Waals surface area contributed by atoms with Crippen LogP contribution in [0, 0.1) is 11.3 Å². The lowest BCUT2D eigenvalue weighted by molar-refractivity contribution is 0.0695. The molecule has 0 aromatic heterocycles. The highest BCUT2D eigenvalue weighted by Crippen LogP contribution is 2.57. The van der Waals surface area contributed by atoms with Crippen LogP contribution in [0.2, 0.25) is 0 Å². The van der Waals surface area contributed by atoms with Crippen LogP contribution in [0.1, 0.15) is 44.7 Å². The Labute approximate surface area is 132 Å². The van der Waals surface area contributed by atoms with Crippen LogP contribution in [0.15, 0.2) is 48.5 Å². The zero-order valence-electron chi connectivity index (χ0n) is 13.5. The van der Waals surface area contributed by atoms with E-state index in [1.54, 1.807) is 24.3 Å². The molecule has 1 saturated carbocycles. The van der Waals surface area contributed by atoms with Gasteiger partial charge in [0.2, 0.25) is 0 Å². The Morgan fingerprint density at radius 2 is 1.14 bits per heavy atom. The third kappa shape index (κ3) is 2.47. The first-order valence-electron chi connectivity index (χ1n) is 7.90. The fraction of sp³-hybridized carbons (Fsp3) is 0.400. The first kappa shape index (κ1) is 15.0. The van der Waals surface area contributed by atoms with E-state index in [0.29, 0.717) is 22.8 Å². The van der Waals surface area contributed by atoms with Crippen molar-refractivity contribution in [1.82, 2.24) is 0 Å². The minimum atomic E-state index is -0.000648. The quantitative estimate of drug-likeness (QED) is 0.832. The van der Waals surface area contributed by atoms with E-state index in [2.05, 4.69) is 20.8 Å². The van der Waals surface area contributed by atoms with E-state index in [4.69, 9.17) is 0 Å². The highest BCUT2D eigenvalue weighted by atomic mass is 16.3. The average Bonchev–Trinajstić information content (AvgIpc) is 2.40. The fourth-order valence-electron chi connectivity index (χ4n) is 3.59. The SMILES string of the molecule is CC(C)(C)C1CC(c2ccc(O)cc2)(c2ccc(O)cc2)C1. The second kappa shape index (κ2) is 5.05. The molecule has 1 fully saturated rings. The molecule has 2 N–H and O–H groups in total. The van der Waals surface area contributed by atoms with Crippen LogP contribution in [-0.2, 0) is 5.41 Å². The molecule has 0 radical (unpaired) electrons. The van der Waals surface area contributed by atoms with Crippen molar-refractivity contribution < 1.29 is 10.2 Å². The number of rotatable bonds is 2. The van der Waals surface area contributed by atoms with E-state index >= 15 is 0 Å². The highest BCUT2D eigenvalue weighted by Gasteiger charge is 2.50. The first-order chi connectivity index (χ1) is 10.3. The molecule has 0 saturated heterocycles. The van der Waals surface area contributed by atoms with Crippen molar-refractivity contribution in [2.24, 2.45) is 11.3 Å². The van der Waals surface area contributed by atoms with Gasteiger partial charge in [0.25, 0.3) is 0 Å². The first-order valence-corrected chi connectivity index (χ1v) is 7.90. The van der Waals surface area contributed by atoms with Gasteiger partial charge in [0.1, 0.15) is 11.5 Å². The van der Waals surface area contributed by atoms with Crippen molar-refractivity contribution in [3.8, 4) is 11.5 Å². The van der Waals surface area contributed by atoms with Gasteiger partial charge in [-0.25, -0.2) is 0 Å². The number of hydrogen-bond donors (Lipinski definition) is 2. The van der Waals surface area contributed by atoms with Crippen molar-refractivity contribution >= 4 is 0 Å². The summed E-state index contributed by atoms with van der Waals surface area (Å²) in [7, 11) is 0. The normalized spacial score (nSPS) is 18.0. The van der Waals surface area contributed by atoms with Crippen LogP contribution in [0.25, 0.3) is 0 Å². The summed E-state index contributed by atoms with van der Waals surface area (Å²) in [6.45, 7) is 6.90. The molecular weight excluding hydrogens is 272 g/mol. The molecule has 2 heteroatoms. The number of phenols is 2. The molecule has 0 aliphatic heterocycles. The Morgan fingerprint density at radius 1 is 0.773 bits per heavy atom. The minimum absolute atomic E-state index is 0.000648. The monoisotopic (exact) mass is 296 g/mol. The minimum Gasteiger partial charge on any atom is -0.508 e. The molecule has 116 valence electrons. The third-order valence-corrected chi connectivity index (χ3v) is 5.25. The number of hydrogen-bond acceptors (Lipinski definition) is 2. The lowest BCUT2D eigenvalue weighted by Gasteiger charge is -2.53. The molecule has 2 aromatic rings. The van der Waals surface area contributed by atoms with E-state index in [1.807, 2.05) is 24.3 Å². The maximum Gasteiger partial charge on any atom is 0.115 e. The molecule has 0 bridgehead atoms. The summed E-state index contributed by atoms with van der Waals surface area (Å²) in [5.74, 6) is 1.28. The number of aromatic hydroxyl groups is 2. The molecule has 1 aliphatic carbocycles. The maximum absolute atomic E-state index is 9.57. The fourth-order valence-corrected chi connectivity index (χ4v) is 3.59. The Kier molecular flexibility index (Phi) is 3.43. The van der Waals surface area contributed by atoms with Gasteiger partial charge >= 0.3 is 0 Å². The second-order valence-corrected chi connectivity index (χ2v) is 7.65. The molecule has 0 unspecified atom stereocenters. The lowest BCUT2D eigenvalue weighted by atomic mass is 9.50. The zero-order chi connectivity index (χ0) is 16.0. The van der Waals surface area contributed by atoms with Crippen LogP contribution in [0.3, 0.4) is 0 Å².